The molecule has 0 aromatic heterocycles. The molecule has 2 bridgehead atoms. The second-order valence-corrected chi connectivity index (χ2v) is 7.42. The molecule has 3 rings (SSSR count). The van der Waals surface area contributed by atoms with E-state index < -0.39 is 0 Å². The predicted molar refractivity (Wildman–Crippen MR) is 89.5 cm³/mol. The fraction of sp³-hybridized carbons (Fsp3) is 0.647. The number of nitrogens with one attached hydrogen (secondary N) is 1. The van der Waals surface area contributed by atoms with Gasteiger partial charge in [-0.05, 0) is 56.8 Å². The third-order valence-corrected chi connectivity index (χ3v) is 5.38. The van der Waals surface area contributed by atoms with E-state index in [1.54, 1.807) is 6.07 Å². The normalized spacial score (nSPS) is 28.2. The molecule has 4 heteroatoms. The molecule has 1 aromatic carbocycles. The van der Waals surface area contributed by atoms with E-state index in [-0.39, 0.29) is 0 Å². The summed E-state index contributed by atoms with van der Waals surface area (Å²) in [6, 6.07) is 7.81. The Bertz CT molecular complexity index is 482. The van der Waals surface area contributed by atoms with Crippen molar-refractivity contribution in [3.63, 3.8) is 0 Å². The van der Waals surface area contributed by atoms with Gasteiger partial charge in [0.15, 0.2) is 0 Å². The quantitative estimate of drug-likeness (QED) is 0.848. The van der Waals surface area contributed by atoms with E-state index in [1.165, 1.54) is 25.7 Å². The molecule has 2 aliphatic rings. The van der Waals surface area contributed by atoms with Gasteiger partial charge in [-0.3, -0.25) is 4.90 Å². The van der Waals surface area contributed by atoms with Gasteiger partial charge in [0.25, 0.3) is 0 Å². The molecule has 3 nitrogen and oxygen atoms in total. The third kappa shape index (κ3) is 3.61. The molecule has 2 fully saturated rings. The van der Waals surface area contributed by atoms with Crippen molar-refractivity contribution < 1.29 is 5.11 Å². The number of hydrogen-bond donors (Lipinski definition) is 2. The molecular formula is C17H25BrN2O. The highest BCUT2D eigenvalue weighted by atomic mass is 79.9. The van der Waals surface area contributed by atoms with Gasteiger partial charge in [-0.1, -0.05) is 22.9 Å². The summed E-state index contributed by atoms with van der Waals surface area (Å²) in [6.07, 6.45) is 6.34. The summed E-state index contributed by atoms with van der Waals surface area (Å²) < 4.78 is 1.04. The summed E-state index contributed by atoms with van der Waals surface area (Å²) in [5.74, 6) is 0.413. The minimum atomic E-state index is 0.413. The first kappa shape index (κ1) is 15.3. The lowest BCUT2D eigenvalue weighted by Gasteiger charge is -2.38. The Morgan fingerprint density at radius 3 is 2.67 bits per heavy atom. The van der Waals surface area contributed by atoms with Crippen LogP contribution in [-0.2, 0) is 6.54 Å². The maximum Gasteiger partial charge on any atom is 0.120 e. The minimum absolute atomic E-state index is 0.413. The van der Waals surface area contributed by atoms with Crippen LogP contribution in [0.25, 0.3) is 0 Å². The number of benzene rings is 1. The first-order valence-electron chi connectivity index (χ1n) is 8.13. The van der Waals surface area contributed by atoms with Crippen LogP contribution in [0.2, 0.25) is 0 Å². The Balaban J connectivity index is 1.73. The molecule has 0 radical (unpaired) electrons. The number of fused-ring (bicyclic) bond motifs is 2. The molecule has 1 aromatic rings. The van der Waals surface area contributed by atoms with Crippen LogP contribution in [0, 0.1) is 0 Å². The van der Waals surface area contributed by atoms with E-state index in [0.29, 0.717) is 23.9 Å². The zero-order chi connectivity index (χ0) is 14.8. The van der Waals surface area contributed by atoms with E-state index in [9.17, 15) is 5.11 Å². The third-order valence-electron chi connectivity index (χ3n) is 4.89. The molecule has 2 saturated heterocycles. The first-order chi connectivity index (χ1) is 10.2. The number of halogens is 1. The lowest BCUT2D eigenvalue weighted by atomic mass is 9.97. The predicted octanol–water partition coefficient (Wildman–Crippen LogP) is 3.65. The Morgan fingerprint density at radius 2 is 2.00 bits per heavy atom. The maximum absolute atomic E-state index is 10.1. The first-order valence-corrected chi connectivity index (χ1v) is 8.92. The SMILES string of the molecule is CCCN(Cc1cc(Br)ccc1O)C1CC2CCC(C1)N2. The minimum Gasteiger partial charge on any atom is -0.508 e. The van der Waals surface area contributed by atoms with Gasteiger partial charge in [-0.25, -0.2) is 0 Å². The topological polar surface area (TPSA) is 35.5 Å². The largest absolute Gasteiger partial charge is 0.508 e. The van der Waals surface area contributed by atoms with E-state index in [2.05, 4.69) is 33.1 Å². The summed E-state index contributed by atoms with van der Waals surface area (Å²) in [7, 11) is 0. The molecule has 2 atom stereocenters. The van der Waals surface area contributed by atoms with Crippen molar-refractivity contribution in [3.05, 3.63) is 28.2 Å². The van der Waals surface area contributed by atoms with Crippen LogP contribution < -0.4 is 5.32 Å². The van der Waals surface area contributed by atoms with Gasteiger partial charge in [-0.15, -0.1) is 0 Å². The number of rotatable bonds is 5. The van der Waals surface area contributed by atoms with Crippen molar-refractivity contribution in [1.29, 1.82) is 0 Å². The molecular weight excluding hydrogens is 328 g/mol. The van der Waals surface area contributed by atoms with Gasteiger partial charge in [0.05, 0.1) is 0 Å². The molecule has 116 valence electrons. The van der Waals surface area contributed by atoms with E-state index in [1.807, 2.05) is 12.1 Å². The second kappa shape index (κ2) is 6.67. The van der Waals surface area contributed by atoms with Gasteiger partial charge in [0.1, 0.15) is 5.75 Å². The highest BCUT2D eigenvalue weighted by molar-refractivity contribution is 9.10. The van der Waals surface area contributed by atoms with Crippen LogP contribution in [0.5, 0.6) is 5.75 Å². The van der Waals surface area contributed by atoms with Crippen molar-refractivity contribution in [2.45, 2.75) is 63.7 Å². The van der Waals surface area contributed by atoms with Crippen LogP contribution in [0.3, 0.4) is 0 Å². The molecule has 2 aliphatic heterocycles. The maximum atomic E-state index is 10.1. The molecule has 2 unspecified atom stereocenters. The van der Waals surface area contributed by atoms with Crippen molar-refractivity contribution in [2.75, 3.05) is 6.54 Å². The molecule has 2 heterocycles. The molecule has 21 heavy (non-hydrogen) atoms. The highest BCUT2D eigenvalue weighted by Crippen LogP contribution is 2.32. The summed E-state index contributed by atoms with van der Waals surface area (Å²) >= 11 is 3.51. The Labute approximate surface area is 135 Å². The number of hydrogen-bond acceptors (Lipinski definition) is 3. The molecule has 0 aliphatic carbocycles. The Hall–Kier alpha value is -0.580. The van der Waals surface area contributed by atoms with Crippen molar-refractivity contribution in [1.82, 2.24) is 10.2 Å². The van der Waals surface area contributed by atoms with Crippen molar-refractivity contribution >= 4 is 15.9 Å². The summed E-state index contributed by atoms with van der Waals surface area (Å²) in [5.41, 5.74) is 1.03. The number of nitrogens with zero attached hydrogens (tertiary/aromatic N) is 1. The molecule has 0 spiro atoms. The second-order valence-electron chi connectivity index (χ2n) is 6.51. The van der Waals surface area contributed by atoms with Crippen molar-refractivity contribution in [3.8, 4) is 5.75 Å². The standard InChI is InChI=1S/C17H25BrN2O/c1-2-7-20(11-12-8-13(18)3-6-17(12)21)16-9-14-4-5-15(10-16)19-14/h3,6,8,14-16,19,21H,2,4-5,7,9-11H2,1H3. The number of piperidine rings is 1. The van der Waals surface area contributed by atoms with Gasteiger partial charge >= 0.3 is 0 Å². The van der Waals surface area contributed by atoms with Crippen LogP contribution >= 0.6 is 15.9 Å². The Morgan fingerprint density at radius 1 is 1.29 bits per heavy atom. The average molecular weight is 353 g/mol. The Kier molecular flexibility index (Phi) is 4.87. The zero-order valence-corrected chi connectivity index (χ0v) is 14.3. The number of phenolic OH excluding ortho intramolecular Hbond substituents is 1. The van der Waals surface area contributed by atoms with Crippen LogP contribution in [0.15, 0.2) is 22.7 Å². The highest BCUT2D eigenvalue weighted by Gasteiger charge is 2.35. The smallest absolute Gasteiger partial charge is 0.120 e. The van der Waals surface area contributed by atoms with Crippen LogP contribution in [0.1, 0.15) is 44.6 Å². The van der Waals surface area contributed by atoms with Crippen LogP contribution in [0.4, 0.5) is 0 Å². The van der Waals surface area contributed by atoms with E-state index in [0.717, 1.165) is 29.5 Å². The zero-order valence-electron chi connectivity index (χ0n) is 12.7. The van der Waals surface area contributed by atoms with Gasteiger partial charge in [0, 0.05) is 34.7 Å². The van der Waals surface area contributed by atoms with Gasteiger partial charge < -0.3 is 10.4 Å². The fourth-order valence-electron chi connectivity index (χ4n) is 3.90. The van der Waals surface area contributed by atoms with Crippen LogP contribution in [-0.4, -0.2) is 34.7 Å². The molecule has 0 amide bonds. The lowest BCUT2D eigenvalue weighted by molar-refractivity contribution is 0.133. The number of aromatic hydroxyl groups is 1. The lowest BCUT2D eigenvalue weighted by Crippen LogP contribution is -2.48. The summed E-state index contributed by atoms with van der Waals surface area (Å²) in [5, 5.41) is 13.8. The monoisotopic (exact) mass is 352 g/mol. The average Bonchev–Trinajstić information content (AvgIpc) is 2.81. The summed E-state index contributed by atoms with van der Waals surface area (Å²) in [6.45, 7) is 4.20. The molecule has 0 saturated carbocycles. The van der Waals surface area contributed by atoms with Crippen molar-refractivity contribution in [2.24, 2.45) is 0 Å². The fourth-order valence-corrected chi connectivity index (χ4v) is 4.31. The summed E-state index contributed by atoms with van der Waals surface area (Å²) in [4.78, 5) is 2.58. The molecule has 2 N–H and O–H groups in total. The van der Waals surface area contributed by atoms with E-state index >= 15 is 0 Å². The van der Waals surface area contributed by atoms with Gasteiger partial charge in [-0.2, -0.15) is 0 Å². The number of phenols is 1. The van der Waals surface area contributed by atoms with E-state index in [4.69, 9.17) is 0 Å². The van der Waals surface area contributed by atoms with Gasteiger partial charge in [0.2, 0.25) is 0 Å².